The zero-order chi connectivity index (χ0) is 13.1. The number of rotatable bonds is 2. The van der Waals surface area contributed by atoms with Crippen molar-refractivity contribution in [1.29, 1.82) is 5.26 Å². The molecule has 3 N–H and O–H groups in total. The first-order valence-corrected chi connectivity index (χ1v) is 5.41. The van der Waals surface area contributed by atoms with E-state index >= 15 is 0 Å². The molecule has 4 nitrogen and oxygen atoms in total. The highest BCUT2D eigenvalue weighted by atomic mass is 16.2. The van der Waals surface area contributed by atoms with Gasteiger partial charge in [-0.15, -0.1) is 0 Å². The van der Waals surface area contributed by atoms with Gasteiger partial charge >= 0.3 is 0 Å². The van der Waals surface area contributed by atoms with Crippen molar-refractivity contribution in [2.45, 2.75) is 26.8 Å². The van der Waals surface area contributed by atoms with Crippen molar-refractivity contribution in [2.24, 2.45) is 11.1 Å². The lowest BCUT2D eigenvalue weighted by molar-refractivity contribution is -0.119. The van der Waals surface area contributed by atoms with E-state index in [4.69, 9.17) is 11.0 Å². The molecule has 0 spiro atoms. The van der Waals surface area contributed by atoms with E-state index in [1.165, 1.54) is 0 Å². The van der Waals surface area contributed by atoms with Gasteiger partial charge in [-0.25, -0.2) is 0 Å². The van der Waals surface area contributed by atoms with Crippen molar-refractivity contribution in [3.05, 3.63) is 29.8 Å². The molecule has 1 unspecified atom stereocenters. The van der Waals surface area contributed by atoms with Gasteiger partial charge in [-0.2, -0.15) is 5.26 Å². The first-order chi connectivity index (χ1) is 7.84. The molecule has 4 heteroatoms. The molecule has 90 valence electrons. The Kier molecular flexibility index (Phi) is 3.87. The van der Waals surface area contributed by atoms with Gasteiger partial charge in [0, 0.05) is 5.69 Å². The Morgan fingerprint density at radius 1 is 1.47 bits per heavy atom. The topological polar surface area (TPSA) is 78.9 Å². The second-order valence-electron chi connectivity index (χ2n) is 5.03. The third kappa shape index (κ3) is 3.58. The van der Waals surface area contributed by atoms with Crippen LogP contribution < -0.4 is 11.1 Å². The molecule has 1 aromatic carbocycles. The van der Waals surface area contributed by atoms with Gasteiger partial charge in [0.2, 0.25) is 5.91 Å². The number of nitrogens with zero attached hydrogens (tertiary/aromatic N) is 1. The summed E-state index contributed by atoms with van der Waals surface area (Å²) in [6.07, 6.45) is 0. The molecule has 0 saturated carbocycles. The quantitative estimate of drug-likeness (QED) is 0.815. The van der Waals surface area contributed by atoms with E-state index < -0.39 is 6.04 Å². The van der Waals surface area contributed by atoms with Gasteiger partial charge in [0.1, 0.15) is 0 Å². The van der Waals surface area contributed by atoms with E-state index in [9.17, 15) is 4.79 Å². The van der Waals surface area contributed by atoms with Gasteiger partial charge in [0.15, 0.2) is 0 Å². The Balaban J connectivity index is 2.79. The maximum absolute atomic E-state index is 11.8. The molecule has 1 rings (SSSR count). The number of amides is 1. The molecule has 0 heterocycles. The Morgan fingerprint density at radius 3 is 2.65 bits per heavy atom. The normalized spacial score (nSPS) is 12.6. The number of hydrogen-bond donors (Lipinski definition) is 2. The van der Waals surface area contributed by atoms with E-state index in [0.29, 0.717) is 11.3 Å². The third-order valence-electron chi connectivity index (χ3n) is 2.47. The zero-order valence-corrected chi connectivity index (χ0v) is 10.3. The molecular formula is C13H17N3O. The Hall–Kier alpha value is -1.86. The summed E-state index contributed by atoms with van der Waals surface area (Å²) in [7, 11) is 0. The van der Waals surface area contributed by atoms with Crippen LogP contribution in [-0.4, -0.2) is 11.9 Å². The van der Waals surface area contributed by atoms with Crippen molar-refractivity contribution in [3.63, 3.8) is 0 Å². The van der Waals surface area contributed by atoms with Gasteiger partial charge in [0.05, 0.1) is 17.7 Å². The summed E-state index contributed by atoms with van der Waals surface area (Å²) in [6, 6.07) is 8.18. The largest absolute Gasteiger partial charge is 0.325 e. The van der Waals surface area contributed by atoms with E-state index in [2.05, 4.69) is 5.32 Å². The number of benzene rings is 1. The number of hydrogen-bond acceptors (Lipinski definition) is 3. The van der Waals surface area contributed by atoms with Gasteiger partial charge in [0.25, 0.3) is 0 Å². The lowest BCUT2D eigenvalue weighted by Crippen LogP contribution is -2.45. The summed E-state index contributed by atoms with van der Waals surface area (Å²) in [5.74, 6) is -0.243. The Labute approximate surface area is 101 Å². The molecule has 1 amide bonds. The van der Waals surface area contributed by atoms with Crippen molar-refractivity contribution in [3.8, 4) is 6.07 Å². The van der Waals surface area contributed by atoms with Crippen LogP contribution in [0.25, 0.3) is 0 Å². The third-order valence-corrected chi connectivity index (χ3v) is 2.47. The first-order valence-electron chi connectivity index (χ1n) is 5.41. The summed E-state index contributed by atoms with van der Waals surface area (Å²) >= 11 is 0. The lowest BCUT2D eigenvalue weighted by atomic mass is 9.87. The molecular weight excluding hydrogens is 214 g/mol. The highest BCUT2D eigenvalue weighted by Crippen LogP contribution is 2.19. The van der Waals surface area contributed by atoms with Gasteiger partial charge in [-0.05, 0) is 23.6 Å². The maximum Gasteiger partial charge on any atom is 0.241 e. The number of nitriles is 1. The number of carbonyl (C=O) groups excluding carboxylic acids is 1. The molecule has 1 atom stereocenters. The summed E-state index contributed by atoms with van der Waals surface area (Å²) in [6.45, 7) is 5.72. The number of nitrogens with two attached hydrogens (primary N) is 1. The van der Waals surface area contributed by atoms with Crippen LogP contribution in [0, 0.1) is 16.7 Å². The molecule has 17 heavy (non-hydrogen) atoms. The number of nitrogens with one attached hydrogen (secondary N) is 1. The molecule has 0 radical (unpaired) electrons. The molecule has 0 saturated heterocycles. The van der Waals surface area contributed by atoms with Crippen LogP contribution in [0.1, 0.15) is 26.3 Å². The van der Waals surface area contributed by atoms with Crippen molar-refractivity contribution in [2.75, 3.05) is 5.32 Å². The van der Waals surface area contributed by atoms with Crippen molar-refractivity contribution in [1.82, 2.24) is 0 Å². The van der Waals surface area contributed by atoms with Crippen LogP contribution in [0.2, 0.25) is 0 Å². The Bertz CT molecular complexity index is 454. The minimum atomic E-state index is -0.590. The SMILES string of the molecule is CC(C)(C)C(N)C(=O)Nc1cccc(C#N)c1. The minimum absolute atomic E-state index is 0.243. The fourth-order valence-electron chi connectivity index (χ4n) is 1.28. The van der Waals surface area contributed by atoms with Gasteiger partial charge in [-0.3, -0.25) is 4.79 Å². The van der Waals surface area contributed by atoms with Crippen LogP contribution in [0.3, 0.4) is 0 Å². The predicted octanol–water partition coefficient (Wildman–Crippen LogP) is 1.87. The fourth-order valence-corrected chi connectivity index (χ4v) is 1.28. The van der Waals surface area contributed by atoms with Crippen molar-refractivity contribution >= 4 is 11.6 Å². The average Bonchev–Trinajstić information content (AvgIpc) is 2.27. The van der Waals surface area contributed by atoms with Crippen LogP contribution in [0.5, 0.6) is 0 Å². The molecule has 0 aliphatic carbocycles. The van der Waals surface area contributed by atoms with Crippen LogP contribution in [-0.2, 0) is 4.79 Å². The number of anilines is 1. The maximum atomic E-state index is 11.8. The van der Waals surface area contributed by atoms with Crippen LogP contribution in [0.15, 0.2) is 24.3 Å². The predicted molar refractivity (Wildman–Crippen MR) is 67.2 cm³/mol. The van der Waals surface area contributed by atoms with Crippen LogP contribution in [0.4, 0.5) is 5.69 Å². The standard InChI is InChI=1S/C13H17N3O/c1-13(2,3)11(15)12(17)16-10-6-4-5-9(7-10)8-14/h4-7,11H,15H2,1-3H3,(H,16,17). The van der Waals surface area contributed by atoms with E-state index in [1.54, 1.807) is 24.3 Å². The van der Waals surface area contributed by atoms with E-state index in [-0.39, 0.29) is 11.3 Å². The minimum Gasteiger partial charge on any atom is -0.325 e. The summed E-state index contributed by atoms with van der Waals surface area (Å²) in [4.78, 5) is 11.8. The highest BCUT2D eigenvalue weighted by molar-refractivity contribution is 5.95. The first kappa shape index (κ1) is 13.2. The molecule has 0 aliphatic rings. The van der Waals surface area contributed by atoms with Crippen LogP contribution >= 0.6 is 0 Å². The van der Waals surface area contributed by atoms with Crippen molar-refractivity contribution < 1.29 is 4.79 Å². The molecule has 1 aromatic rings. The second-order valence-corrected chi connectivity index (χ2v) is 5.03. The lowest BCUT2D eigenvalue weighted by Gasteiger charge is -2.25. The Morgan fingerprint density at radius 2 is 2.12 bits per heavy atom. The average molecular weight is 231 g/mol. The van der Waals surface area contributed by atoms with E-state index in [0.717, 1.165) is 0 Å². The van der Waals surface area contributed by atoms with E-state index in [1.807, 2.05) is 26.8 Å². The fraction of sp³-hybridized carbons (Fsp3) is 0.385. The molecule has 0 aliphatic heterocycles. The monoisotopic (exact) mass is 231 g/mol. The highest BCUT2D eigenvalue weighted by Gasteiger charge is 2.27. The summed E-state index contributed by atoms with van der Waals surface area (Å²) < 4.78 is 0. The molecule has 0 fully saturated rings. The molecule has 0 bridgehead atoms. The summed E-state index contributed by atoms with van der Waals surface area (Å²) in [5.41, 5.74) is 6.64. The smallest absolute Gasteiger partial charge is 0.241 e. The molecule has 0 aromatic heterocycles. The second kappa shape index (κ2) is 4.98. The van der Waals surface area contributed by atoms with Gasteiger partial charge in [-0.1, -0.05) is 26.8 Å². The van der Waals surface area contributed by atoms with Gasteiger partial charge < -0.3 is 11.1 Å². The number of carbonyl (C=O) groups is 1. The summed E-state index contributed by atoms with van der Waals surface area (Å²) in [5, 5.41) is 11.5. The zero-order valence-electron chi connectivity index (χ0n) is 10.3.